The molecule has 0 spiro atoms. The Hall–Kier alpha value is -1.74. The van der Waals surface area contributed by atoms with Gasteiger partial charge in [-0.25, -0.2) is 8.78 Å². The second-order valence-corrected chi connectivity index (χ2v) is 4.86. The number of nitrogens with one attached hydrogen (secondary N) is 1. The predicted molar refractivity (Wildman–Crippen MR) is 71.0 cm³/mol. The molecule has 0 amide bonds. The van der Waals surface area contributed by atoms with Crippen LogP contribution in [0, 0.1) is 11.6 Å². The highest BCUT2D eigenvalue weighted by atomic mass is 19.1. The highest BCUT2D eigenvalue weighted by molar-refractivity contribution is 5.40. The lowest BCUT2D eigenvalue weighted by molar-refractivity contribution is 0.560. The molecular formula is C16H15F2N. The minimum atomic E-state index is -0.471. The van der Waals surface area contributed by atoms with Crippen molar-refractivity contribution in [1.82, 2.24) is 5.32 Å². The molecule has 0 bridgehead atoms. The maximum atomic E-state index is 13.7. The second-order valence-electron chi connectivity index (χ2n) is 4.86. The minimum absolute atomic E-state index is 0.154. The van der Waals surface area contributed by atoms with Crippen LogP contribution in [0.25, 0.3) is 0 Å². The van der Waals surface area contributed by atoms with E-state index in [1.807, 2.05) is 12.1 Å². The summed E-state index contributed by atoms with van der Waals surface area (Å²) in [4.78, 5) is 0. The Kier molecular flexibility index (Phi) is 3.30. The molecule has 3 rings (SSSR count). The molecule has 0 aromatic heterocycles. The van der Waals surface area contributed by atoms with E-state index in [1.165, 1.54) is 29.3 Å². The number of halogens is 2. The van der Waals surface area contributed by atoms with Crippen LogP contribution in [0.5, 0.6) is 0 Å². The number of hydrogen-bond donors (Lipinski definition) is 1. The van der Waals surface area contributed by atoms with Gasteiger partial charge in [-0.15, -0.1) is 0 Å². The molecular weight excluding hydrogens is 244 g/mol. The highest BCUT2D eigenvalue weighted by Crippen LogP contribution is 2.23. The normalized spacial score (nSPS) is 14.2. The maximum absolute atomic E-state index is 13.7. The summed E-state index contributed by atoms with van der Waals surface area (Å²) in [6, 6.07) is 10.0. The van der Waals surface area contributed by atoms with Crippen LogP contribution in [0.15, 0.2) is 36.4 Å². The summed E-state index contributed by atoms with van der Waals surface area (Å²) in [5.74, 6) is -0.942. The maximum Gasteiger partial charge on any atom is 0.129 e. The zero-order valence-electron chi connectivity index (χ0n) is 10.5. The average Bonchev–Trinajstić information content (AvgIpc) is 2.43. The Balaban J connectivity index is 2.00. The van der Waals surface area contributed by atoms with Gasteiger partial charge in [-0.2, -0.15) is 0 Å². The van der Waals surface area contributed by atoms with Gasteiger partial charge >= 0.3 is 0 Å². The molecule has 1 N–H and O–H groups in total. The molecule has 1 nitrogen and oxygen atoms in total. The van der Waals surface area contributed by atoms with Crippen LogP contribution < -0.4 is 5.32 Å². The predicted octanol–water partition coefficient (Wildman–Crippen LogP) is 3.20. The van der Waals surface area contributed by atoms with Gasteiger partial charge in [0.25, 0.3) is 0 Å². The third-order valence-corrected chi connectivity index (χ3v) is 3.67. The summed E-state index contributed by atoms with van der Waals surface area (Å²) in [6.07, 6.45) is 1.28. The third kappa shape index (κ3) is 2.38. The molecule has 0 radical (unpaired) electrons. The Morgan fingerprint density at radius 1 is 1.00 bits per heavy atom. The van der Waals surface area contributed by atoms with Gasteiger partial charge in [-0.3, -0.25) is 0 Å². The van der Waals surface area contributed by atoms with Crippen LogP contribution in [0.2, 0.25) is 0 Å². The first-order chi connectivity index (χ1) is 9.25. The molecule has 0 saturated carbocycles. The van der Waals surface area contributed by atoms with E-state index >= 15 is 0 Å². The number of hydrogen-bond acceptors (Lipinski definition) is 1. The summed E-state index contributed by atoms with van der Waals surface area (Å²) >= 11 is 0. The summed E-state index contributed by atoms with van der Waals surface area (Å²) in [6.45, 7) is 1.74. The van der Waals surface area contributed by atoms with Crippen molar-refractivity contribution < 1.29 is 8.78 Å². The first-order valence-corrected chi connectivity index (χ1v) is 6.49. The molecule has 0 aliphatic carbocycles. The van der Waals surface area contributed by atoms with Crippen molar-refractivity contribution in [3.05, 3.63) is 70.3 Å². The number of fused-ring (bicyclic) bond motifs is 1. The lowest BCUT2D eigenvalue weighted by Gasteiger charge is -2.20. The monoisotopic (exact) mass is 259 g/mol. The fraction of sp³-hybridized carbons (Fsp3) is 0.250. The smallest absolute Gasteiger partial charge is 0.129 e. The van der Waals surface area contributed by atoms with Gasteiger partial charge in [0, 0.05) is 18.5 Å². The van der Waals surface area contributed by atoms with Crippen molar-refractivity contribution in [1.29, 1.82) is 0 Å². The van der Waals surface area contributed by atoms with E-state index in [4.69, 9.17) is 0 Å². The van der Waals surface area contributed by atoms with Crippen LogP contribution in [0.3, 0.4) is 0 Å². The lowest BCUT2D eigenvalue weighted by atomic mass is 9.92. The van der Waals surface area contributed by atoms with Crippen LogP contribution in [0.4, 0.5) is 8.78 Å². The molecule has 2 aromatic rings. The van der Waals surface area contributed by atoms with Gasteiger partial charge in [0.05, 0.1) is 0 Å². The fourth-order valence-electron chi connectivity index (χ4n) is 2.64. The van der Waals surface area contributed by atoms with Gasteiger partial charge in [0.15, 0.2) is 0 Å². The van der Waals surface area contributed by atoms with Crippen LogP contribution in [-0.2, 0) is 19.4 Å². The quantitative estimate of drug-likeness (QED) is 0.873. The Morgan fingerprint density at radius 3 is 2.53 bits per heavy atom. The Labute approximate surface area is 111 Å². The van der Waals surface area contributed by atoms with Crippen LogP contribution in [-0.4, -0.2) is 6.54 Å². The van der Waals surface area contributed by atoms with Crippen LogP contribution >= 0.6 is 0 Å². The first-order valence-electron chi connectivity index (χ1n) is 6.49. The molecule has 19 heavy (non-hydrogen) atoms. The Bertz CT molecular complexity index is 587. The van der Waals surface area contributed by atoms with Crippen molar-refractivity contribution >= 4 is 0 Å². The van der Waals surface area contributed by atoms with E-state index in [2.05, 4.69) is 11.4 Å². The van der Waals surface area contributed by atoms with Crippen LogP contribution in [0.1, 0.15) is 22.3 Å². The fourth-order valence-corrected chi connectivity index (χ4v) is 2.64. The van der Waals surface area contributed by atoms with E-state index in [-0.39, 0.29) is 5.56 Å². The summed E-state index contributed by atoms with van der Waals surface area (Å²) in [7, 11) is 0. The molecule has 3 heteroatoms. The SMILES string of the molecule is Fc1cccc(F)c1Cc1cccc2c1CNCC2. The molecule has 1 aliphatic heterocycles. The van der Waals surface area contributed by atoms with E-state index in [0.717, 1.165) is 25.1 Å². The third-order valence-electron chi connectivity index (χ3n) is 3.67. The van der Waals surface area contributed by atoms with E-state index in [0.29, 0.717) is 6.42 Å². The average molecular weight is 259 g/mol. The highest BCUT2D eigenvalue weighted by Gasteiger charge is 2.15. The lowest BCUT2D eigenvalue weighted by Crippen LogP contribution is -2.24. The molecule has 0 atom stereocenters. The summed E-state index contributed by atoms with van der Waals surface area (Å²) in [5, 5.41) is 3.31. The van der Waals surface area contributed by atoms with E-state index in [1.54, 1.807) is 0 Å². The molecule has 0 fully saturated rings. The topological polar surface area (TPSA) is 12.0 Å². The van der Waals surface area contributed by atoms with Gasteiger partial charge in [-0.05, 0) is 41.8 Å². The zero-order chi connectivity index (χ0) is 13.2. The molecule has 98 valence electrons. The van der Waals surface area contributed by atoms with Crippen molar-refractivity contribution in [2.75, 3.05) is 6.54 Å². The molecule has 0 saturated heterocycles. The van der Waals surface area contributed by atoms with Gasteiger partial charge in [0.2, 0.25) is 0 Å². The zero-order valence-corrected chi connectivity index (χ0v) is 10.5. The number of benzene rings is 2. The molecule has 1 aliphatic rings. The standard InChI is InChI=1S/C16H15F2N/c17-15-5-2-6-16(18)13(15)9-12-4-1-3-11-7-8-19-10-14(11)12/h1-6,19H,7-10H2. The van der Waals surface area contributed by atoms with Gasteiger partial charge in [0.1, 0.15) is 11.6 Å². The molecule has 0 unspecified atom stereocenters. The summed E-state index contributed by atoms with van der Waals surface area (Å²) in [5.41, 5.74) is 3.64. The second kappa shape index (κ2) is 5.10. The molecule has 2 aromatic carbocycles. The minimum Gasteiger partial charge on any atom is -0.312 e. The van der Waals surface area contributed by atoms with Crippen molar-refractivity contribution in [3.63, 3.8) is 0 Å². The van der Waals surface area contributed by atoms with Crippen molar-refractivity contribution in [2.24, 2.45) is 0 Å². The van der Waals surface area contributed by atoms with Gasteiger partial charge < -0.3 is 5.32 Å². The van der Waals surface area contributed by atoms with Crippen molar-refractivity contribution in [2.45, 2.75) is 19.4 Å². The summed E-state index contributed by atoms with van der Waals surface area (Å²) < 4.78 is 27.4. The molecule has 1 heterocycles. The van der Waals surface area contributed by atoms with Crippen molar-refractivity contribution in [3.8, 4) is 0 Å². The van der Waals surface area contributed by atoms with E-state index < -0.39 is 11.6 Å². The van der Waals surface area contributed by atoms with Gasteiger partial charge in [-0.1, -0.05) is 24.3 Å². The number of rotatable bonds is 2. The largest absolute Gasteiger partial charge is 0.312 e. The Morgan fingerprint density at radius 2 is 1.74 bits per heavy atom. The first kappa shape index (κ1) is 12.3. The van der Waals surface area contributed by atoms with E-state index in [9.17, 15) is 8.78 Å².